The van der Waals surface area contributed by atoms with E-state index in [1.165, 1.54) is 0 Å². The van der Waals surface area contributed by atoms with E-state index < -0.39 is 6.09 Å². The fourth-order valence-corrected chi connectivity index (χ4v) is 3.54. The molecule has 2 atom stereocenters. The number of benzene rings is 1. The summed E-state index contributed by atoms with van der Waals surface area (Å²) in [7, 11) is 3.67. The van der Waals surface area contributed by atoms with Gasteiger partial charge in [0, 0.05) is 6.54 Å². The van der Waals surface area contributed by atoms with Crippen LogP contribution in [-0.2, 0) is 19.0 Å². The molecule has 1 heterocycles. The maximum absolute atomic E-state index is 12.4. The standard InChI is InChI=1S/C23H36N2O7/c1-6-28-19-9-7-8-10-20(19)32-16-18-15-25(11-12-29-18)23(27)31-14-13-30-22(26)21(17(2)3)24(4)5/h7-10,17-18,21H,6,11-16H2,1-5H3/t18?,21-/m0/s1. The molecule has 1 fully saturated rings. The molecule has 1 saturated heterocycles. The number of nitrogens with zero attached hydrogens (tertiary/aromatic N) is 2. The molecule has 2 rings (SSSR count). The van der Waals surface area contributed by atoms with E-state index >= 15 is 0 Å². The number of likely N-dealkylation sites (N-methyl/N-ethyl adjacent to an activating group) is 1. The number of para-hydroxylation sites is 2. The zero-order valence-corrected chi connectivity index (χ0v) is 19.7. The first kappa shape index (κ1) is 25.7. The summed E-state index contributed by atoms with van der Waals surface area (Å²) in [6, 6.07) is 7.10. The fraction of sp³-hybridized carbons (Fsp3) is 0.652. The van der Waals surface area contributed by atoms with E-state index in [2.05, 4.69) is 0 Å². The smallest absolute Gasteiger partial charge is 0.410 e. The van der Waals surface area contributed by atoms with Crippen molar-refractivity contribution in [3.8, 4) is 11.5 Å². The van der Waals surface area contributed by atoms with Crippen LogP contribution in [-0.4, -0.2) is 94.2 Å². The first-order chi connectivity index (χ1) is 15.3. The highest BCUT2D eigenvalue weighted by molar-refractivity contribution is 5.76. The van der Waals surface area contributed by atoms with E-state index in [-0.39, 0.29) is 43.9 Å². The number of hydrogen-bond donors (Lipinski definition) is 0. The van der Waals surface area contributed by atoms with Crippen LogP contribution in [0.3, 0.4) is 0 Å². The molecule has 1 amide bonds. The predicted octanol–water partition coefficient (Wildman–Crippen LogP) is 2.43. The largest absolute Gasteiger partial charge is 0.490 e. The molecule has 0 radical (unpaired) electrons. The van der Waals surface area contributed by atoms with Gasteiger partial charge in [-0.1, -0.05) is 26.0 Å². The van der Waals surface area contributed by atoms with E-state index in [9.17, 15) is 9.59 Å². The molecule has 9 heteroatoms. The molecule has 1 aromatic rings. The van der Waals surface area contributed by atoms with Crippen molar-refractivity contribution in [3.63, 3.8) is 0 Å². The lowest BCUT2D eigenvalue weighted by Crippen LogP contribution is -2.48. The molecule has 32 heavy (non-hydrogen) atoms. The first-order valence-corrected chi connectivity index (χ1v) is 11.0. The molecule has 0 N–H and O–H groups in total. The summed E-state index contributed by atoms with van der Waals surface area (Å²) in [4.78, 5) is 28.0. The summed E-state index contributed by atoms with van der Waals surface area (Å²) in [5.74, 6) is 1.10. The zero-order chi connectivity index (χ0) is 23.5. The quantitative estimate of drug-likeness (QED) is 0.374. The van der Waals surface area contributed by atoms with Crippen molar-refractivity contribution < 1.29 is 33.3 Å². The van der Waals surface area contributed by atoms with E-state index in [0.29, 0.717) is 37.8 Å². The molecule has 1 aliphatic heterocycles. The van der Waals surface area contributed by atoms with E-state index in [0.717, 1.165) is 0 Å². The Kier molecular flexibility index (Phi) is 10.6. The van der Waals surface area contributed by atoms with Crippen molar-refractivity contribution in [1.82, 2.24) is 9.80 Å². The summed E-state index contributed by atoms with van der Waals surface area (Å²) in [6.45, 7) is 7.86. The van der Waals surface area contributed by atoms with Crippen LogP contribution in [0.4, 0.5) is 4.79 Å². The Bertz CT molecular complexity index is 718. The van der Waals surface area contributed by atoms with E-state index in [4.69, 9.17) is 23.7 Å². The van der Waals surface area contributed by atoms with Gasteiger partial charge in [-0.05, 0) is 39.1 Å². The third-order valence-corrected chi connectivity index (χ3v) is 4.95. The molecular weight excluding hydrogens is 416 g/mol. The average molecular weight is 453 g/mol. The number of ether oxygens (including phenoxy) is 5. The summed E-state index contributed by atoms with van der Waals surface area (Å²) < 4.78 is 27.7. The minimum absolute atomic E-state index is 0.00305. The van der Waals surface area contributed by atoms with Gasteiger partial charge in [0.05, 0.1) is 19.8 Å². The van der Waals surface area contributed by atoms with Gasteiger partial charge in [0.25, 0.3) is 0 Å². The van der Waals surface area contributed by atoms with Crippen LogP contribution in [0, 0.1) is 5.92 Å². The van der Waals surface area contributed by atoms with Crippen molar-refractivity contribution >= 4 is 12.1 Å². The van der Waals surface area contributed by atoms with Crippen LogP contribution in [0.15, 0.2) is 24.3 Å². The highest BCUT2D eigenvalue weighted by Crippen LogP contribution is 2.26. The van der Waals surface area contributed by atoms with Gasteiger partial charge in [-0.3, -0.25) is 9.69 Å². The van der Waals surface area contributed by atoms with E-state index in [1.54, 1.807) is 4.90 Å². The molecule has 1 aliphatic rings. The average Bonchev–Trinajstić information content (AvgIpc) is 2.76. The minimum atomic E-state index is -0.461. The van der Waals surface area contributed by atoms with Crippen LogP contribution in [0.25, 0.3) is 0 Å². The topological polar surface area (TPSA) is 86.8 Å². The Morgan fingerprint density at radius 2 is 1.78 bits per heavy atom. The molecule has 0 aromatic heterocycles. The third-order valence-electron chi connectivity index (χ3n) is 4.95. The van der Waals surface area contributed by atoms with Crippen molar-refractivity contribution in [2.75, 3.05) is 60.2 Å². The molecule has 1 aromatic carbocycles. The van der Waals surface area contributed by atoms with Gasteiger partial charge in [0.1, 0.15) is 32.0 Å². The Balaban J connectivity index is 1.74. The maximum atomic E-state index is 12.4. The van der Waals surface area contributed by atoms with Crippen LogP contribution < -0.4 is 9.47 Å². The highest BCUT2D eigenvalue weighted by Gasteiger charge is 2.27. The summed E-state index contributed by atoms with van der Waals surface area (Å²) in [6.07, 6.45) is -0.743. The second-order valence-electron chi connectivity index (χ2n) is 8.06. The minimum Gasteiger partial charge on any atom is -0.490 e. The van der Waals surface area contributed by atoms with Crippen LogP contribution >= 0.6 is 0 Å². The van der Waals surface area contributed by atoms with E-state index in [1.807, 2.05) is 64.0 Å². The van der Waals surface area contributed by atoms with Crippen molar-refractivity contribution in [2.45, 2.75) is 32.9 Å². The number of carbonyl (C=O) groups excluding carboxylic acids is 2. The van der Waals surface area contributed by atoms with Gasteiger partial charge in [-0.2, -0.15) is 0 Å². The van der Waals surface area contributed by atoms with Crippen molar-refractivity contribution in [3.05, 3.63) is 24.3 Å². The third kappa shape index (κ3) is 7.87. The summed E-state index contributed by atoms with van der Waals surface area (Å²) >= 11 is 0. The van der Waals surface area contributed by atoms with Gasteiger partial charge in [-0.25, -0.2) is 4.79 Å². The van der Waals surface area contributed by atoms with Gasteiger partial charge >= 0.3 is 12.1 Å². The SMILES string of the molecule is CCOc1ccccc1OCC1CN(C(=O)OCCOC(=O)[C@H](C(C)C)N(C)C)CCO1. The molecule has 180 valence electrons. The second-order valence-corrected chi connectivity index (χ2v) is 8.06. The molecule has 0 bridgehead atoms. The summed E-state index contributed by atoms with van der Waals surface area (Å²) in [5.41, 5.74) is 0. The van der Waals surface area contributed by atoms with Crippen molar-refractivity contribution in [1.29, 1.82) is 0 Å². The Hall–Kier alpha value is -2.52. The summed E-state index contributed by atoms with van der Waals surface area (Å²) in [5, 5.41) is 0. The van der Waals surface area contributed by atoms with Crippen LogP contribution in [0.5, 0.6) is 11.5 Å². The lowest BCUT2D eigenvalue weighted by Gasteiger charge is -2.32. The second kappa shape index (κ2) is 13.1. The fourth-order valence-electron chi connectivity index (χ4n) is 3.54. The molecule has 0 saturated carbocycles. The lowest BCUT2D eigenvalue weighted by atomic mass is 10.0. The molecule has 1 unspecified atom stereocenters. The normalized spacial score (nSPS) is 17.2. The van der Waals surface area contributed by atoms with Gasteiger partial charge < -0.3 is 28.6 Å². The molecule has 9 nitrogen and oxygen atoms in total. The van der Waals surface area contributed by atoms with Crippen LogP contribution in [0.1, 0.15) is 20.8 Å². The number of hydrogen-bond acceptors (Lipinski definition) is 8. The number of rotatable bonds is 11. The molecule has 0 aliphatic carbocycles. The number of morpholine rings is 1. The van der Waals surface area contributed by atoms with Crippen molar-refractivity contribution in [2.24, 2.45) is 5.92 Å². The maximum Gasteiger partial charge on any atom is 0.410 e. The van der Waals surface area contributed by atoms with Gasteiger partial charge in [0.2, 0.25) is 0 Å². The first-order valence-electron chi connectivity index (χ1n) is 11.0. The Labute approximate surface area is 190 Å². The predicted molar refractivity (Wildman–Crippen MR) is 119 cm³/mol. The highest BCUT2D eigenvalue weighted by atomic mass is 16.6. The lowest BCUT2D eigenvalue weighted by molar-refractivity contribution is -0.151. The Morgan fingerprint density at radius 3 is 2.41 bits per heavy atom. The molecule has 0 spiro atoms. The Morgan fingerprint density at radius 1 is 1.12 bits per heavy atom. The number of amides is 1. The van der Waals surface area contributed by atoms with Gasteiger partial charge in [0.15, 0.2) is 11.5 Å². The number of esters is 1. The number of carbonyl (C=O) groups is 2. The molecular formula is C23H36N2O7. The van der Waals surface area contributed by atoms with Gasteiger partial charge in [-0.15, -0.1) is 0 Å². The zero-order valence-electron chi connectivity index (χ0n) is 19.7. The monoisotopic (exact) mass is 452 g/mol. The van der Waals surface area contributed by atoms with Crippen LogP contribution in [0.2, 0.25) is 0 Å².